The van der Waals surface area contributed by atoms with Crippen LogP contribution in [-0.4, -0.2) is 26.7 Å². The summed E-state index contributed by atoms with van der Waals surface area (Å²) in [6, 6.07) is 42.7. The average Bonchev–Trinajstić information content (AvgIpc) is 3.84. The van der Waals surface area contributed by atoms with Crippen LogP contribution in [0.5, 0.6) is 0 Å². The van der Waals surface area contributed by atoms with Crippen molar-refractivity contribution in [3.8, 4) is 0 Å². The number of fused-ring (bicyclic) bond motifs is 2. The fourth-order valence-corrected chi connectivity index (χ4v) is 8.85. The van der Waals surface area contributed by atoms with Crippen LogP contribution in [0, 0.1) is 11.8 Å². The summed E-state index contributed by atoms with van der Waals surface area (Å²) in [6.45, 7) is 0. The second-order valence-corrected chi connectivity index (χ2v) is 15.4. The standard InChI is InChI=1S/C25H23NO.C24H22N2O/c27-24(18-8-7-9-18)23-22-14-15-25(16-19(22)17-26-23,20-10-3-1-4-11-20)21-12-5-2-6-13-21;27-26-22(17-11-12-17)23-21-13-14-24(15-18(21)16-25-23,19-7-3-1-4-8-19)20-9-5-2-6-10-20/h1-6,10-15,17-18,26H,7-9,16H2;1-10,13-14,16-17,25,27H,11-12,15H2. The molecular formula is C49H45N3O2. The molecule has 2 saturated carbocycles. The lowest BCUT2D eigenvalue weighted by Gasteiger charge is -2.35. The van der Waals surface area contributed by atoms with E-state index in [4.69, 9.17) is 0 Å². The molecule has 0 spiro atoms. The molecule has 2 fully saturated rings. The van der Waals surface area contributed by atoms with Crippen molar-refractivity contribution in [3.63, 3.8) is 0 Å². The first-order chi connectivity index (χ1) is 26.6. The largest absolute Gasteiger partial charge is 0.411 e. The quantitative estimate of drug-likeness (QED) is 0.0637. The number of ketones is 1. The van der Waals surface area contributed by atoms with E-state index in [0.29, 0.717) is 11.7 Å². The van der Waals surface area contributed by atoms with Gasteiger partial charge in [-0.2, -0.15) is 0 Å². The van der Waals surface area contributed by atoms with Crippen molar-refractivity contribution in [2.75, 3.05) is 0 Å². The zero-order valence-electron chi connectivity index (χ0n) is 30.4. The van der Waals surface area contributed by atoms with Gasteiger partial charge in [-0.25, -0.2) is 0 Å². The van der Waals surface area contributed by atoms with E-state index in [1.54, 1.807) is 0 Å². The van der Waals surface area contributed by atoms with Crippen LogP contribution in [0.4, 0.5) is 0 Å². The Morgan fingerprint density at radius 1 is 0.556 bits per heavy atom. The minimum atomic E-state index is -0.200. The van der Waals surface area contributed by atoms with Crippen LogP contribution in [0.2, 0.25) is 0 Å². The number of nitrogens with zero attached hydrogens (tertiary/aromatic N) is 1. The van der Waals surface area contributed by atoms with Crippen LogP contribution in [-0.2, 0) is 23.7 Å². The second kappa shape index (κ2) is 14.1. The molecule has 0 bridgehead atoms. The third-order valence-corrected chi connectivity index (χ3v) is 12.2. The molecule has 2 heterocycles. The van der Waals surface area contributed by atoms with Crippen LogP contribution in [0.15, 0.2) is 151 Å². The Kier molecular flexibility index (Phi) is 8.86. The van der Waals surface area contributed by atoms with Gasteiger partial charge in [0.15, 0.2) is 5.78 Å². The van der Waals surface area contributed by atoms with Gasteiger partial charge in [-0.15, -0.1) is 0 Å². The predicted octanol–water partition coefficient (Wildman–Crippen LogP) is 10.7. The molecule has 0 atom stereocenters. The average molecular weight is 708 g/mol. The minimum Gasteiger partial charge on any atom is -0.411 e. The first-order valence-electron chi connectivity index (χ1n) is 19.4. The number of aromatic amines is 2. The van der Waals surface area contributed by atoms with E-state index in [2.05, 4.69) is 167 Å². The number of hydrogen-bond acceptors (Lipinski definition) is 3. The van der Waals surface area contributed by atoms with Crippen molar-refractivity contribution < 1.29 is 10.0 Å². The highest BCUT2D eigenvalue weighted by Gasteiger charge is 2.39. The molecule has 10 rings (SSSR count). The van der Waals surface area contributed by atoms with Gasteiger partial charge in [0.1, 0.15) is 5.71 Å². The maximum absolute atomic E-state index is 12.8. The number of carbonyl (C=O) groups excluding carboxylic acids is 1. The molecule has 4 aromatic carbocycles. The Morgan fingerprint density at radius 3 is 1.33 bits per heavy atom. The Bertz CT molecular complexity index is 2260. The maximum atomic E-state index is 12.8. The highest BCUT2D eigenvalue weighted by atomic mass is 16.4. The topological polar surface area (TPSA) is 81.2 Å². The van der Waals surface area contributed by atoms with E-state index in [0.717, 1.165) is 66.8 Å². The Balaban J connectivity index is 0.000000142. The first-order valence-corrected chi connectivity index (χ1v) is 19.4. The first kappa shape index (κ1) is 33.9. The number of oxime groups is 1. The van der Waals surface area contributed by atoms with E-state index in [9.17, 15) is 10.0 Å². The summed E-state index contributed by atoms with van der Waals surface area (Å²) in [5, 5.41) is 13.1. The van der Waals surface area contributed by atoms with Gasteiger partial charge in [-0.3, -0.25) is 4.79 Å². The summed E-state index contributed by atoms with van der Waals surface area (Å²) in [6.07, 6.45) is 20.3. The molecule has 6 aromatic rings. The number of carbonyl (C=O) groups is 1. The molecule has 0 unspecified atom stereocenters. The van der Waals surface area contributed by atoms with Crippen molar-refractivity contribution in [1.82, 2.24) is 9.97 Å². The lowest BCUT2D eigenvalue weighted by molar-refractivity contribution is 0.0850. The number of rotatable bonds is 8. The van der Waals surface area contributed by atoms with Gasteiger partial charge in [0.2, 0.25) is 0 Å². The number of nitrogens with one attached hydrogen (secondary N) is 2. The number of aromatic nitrogens is 2. The van der Waals surface area contributed by atoms with Crippen molar-refractivity contribution in [2.24, 2.45) is 17.0 Å². The molecule has 2 aromatic heterocycles. The third-order valence-electron chi connectivity index (χ3n) is 12.2. The van der Waals surface area contributed by atoms with Gasteiger partial charge in [-0.05, 0) is 71.9 Å². The molecule has 0 amide bonds. The van der Waals surface area contributed by atoms with Gasteiger partial charge in [-0.1, -0.05) is 157 Å². The fourth-order valence-electron chi connectivity index (χ4n) is 8.85. The highest BCUT2D eigenvalue weighted by molar-refractivity contribution is 6.05. The summed E-state index contributed by atoms with van der Waals surface area (Å²) in [7, 11) is 0. The molecule has 5 heteroatoms. The molecule has 0 radical (unpaired) electrons. The van der Waals surface area contributed by atoms with Crippen LogP contribution in [0.25, 0.3) is 12.2 Å². The van der Waals surface area contributed by atoms with E-state index < -0.39 is 0 Å². The van der Waals surface area contributed by atoms with E-state index in [1.807, 2.05) is 6.20 Å². The lowest BCUT2D eigenvalue weighted by Crippen LogP contribution is -2.30. The van der Waals surface area contributed by atoms with Crippen molar-refractivity contribution in [1.29, 1.82) is 0 Å². The molecule has 4 aliphatic rings. The normalized spacial score (nSPS) is 18.1. The van der Waals surface area contributed by atoms with E-state index in [-0.39, 0.29) is 16.7 Å². The van der Waals surface area contributed by atoms with E-state index >= 15 is 0 Å². The summed E-state index contributed by atoms with van der Waals surface area (Å²) in [5.74, 6) is 0.899. The predicted molar refractivity (Wildman–Crippen MR) is 217 cm³/mol. The van der Waals surface area contributed by atoms with Crippen LogP contribution in [0.3, 0.4) is 0 Å². The molecule has 5 nitrogen and oxygen atoms in total. The highest BCUT2D eigenvalue weighted by Crippen LogP contribution is 2.45. The van der Waals surface area contributed by atoms with Gasteiger partial charge in [0, 0.05) is 46.2 Å². The SMILES string of the molecule is O=C(c1[nH]cc2c1C=CC(c1ccccc1)(c1ccccc1)C2)C1CCC1.ON=C(c1[nH]cc2c1C=CC(c1ccccc1)(c1ccccc1)C2)C1CC1. The molecule has 268 valence electrons. The zero-order chi connectivity index (χ0) is 36.5. The summed E-state index contributed by atoms with van der Waals surface area (Å²) in [5.41, 5.74) is 12.1. The van der Waals surface area contributed by atoms with Crippen LogP contribution < -0.4 is 0 Å². The number of H-pyrrole nitrogens is 2. The number of benzene rings is 4. The fraction of sp³-hybridized carbons (Fsp3) is 0.224. The summed E-state index contributed by atoms with van der Waals surface area (Å²) < 4.78 is 0. The number of allylic oxidation sites excluding steroid dienone is 2. The minimum absolute atomic E-state index is 0.189. The molecule has 4 aliphatic carbocycles. The second-order valence-electron chi connectivity index (χ2n) is 15.4. The van der Waals surface area contributed by atoms with Gasteiger partial charge in [0.05, 0.1) is 11.4 Å². The van der Waals surface area contributed by atoms with Crippen LogP contribution >= 0.6 is 0 Å². The summed E-state index contributed by atoms with van der Waals surface area (Å²) >= 11 is 0. The molecule has 0 saturated heterocycles. The van der Waals surface area contributed by atoms with Gasteiger partial charge in [0.25, 0.3) is 0 Å². The number of hydrogen-bond donors (Lipinski definition) is 3. The third kappa shape index (κ3) is 5.98. The summed E-state index contributed by atoms with van der Waals surface area (Å²) in [4.78, 5) is 19.5. The lowest BCUT2D eigenvalue weighted by atomic mass is 9.67. The van der Waals surface area contributed by atoms with E-state index in [1.165, 1.54) is 39.8 Å². The molecule has 0 aliphatic heterocycles. The zero-order valence-corrected chi connectivity index (χ0v) is 30.4. The number of Topliss-reactive ketones (excluding diaryl/α,β-unsaturated/α-hetero) is 1. The Morgan fingerprint density at radius 2 is 0.963 bits per heavy atom. The van der Waals surface area contributed by atoms with Crippen LogP contribution in [0.1, 0.15) is 92.8 Å². The van der Waals surface area contributed by atoms with Crippen molar-refractivity contribution >= 4 is 23.6 Å². The monoisotopic (exact) mass is 707 g/mol. The molecule has 3 N–H and O–H groups in total. The maximum Gasteiger partial charge on any atom is 0.182 e. The van der Waals surface area contributed by atoms with Crippen molar-refractivity contribution in [2.45, 2.75) is 55.8 Å². The van der Waals surface area contributed by atoms with Gasteiger partial charge < -0.3 is 15.2 Å². The molecular weight excluding hydrogens is 663 g/mol. The Hall–Kier alpha value is -5.94. The van der Waals surface area contributed by atoms with Gasteiger partial charge >= 0.3 is 0 Å². The smallest absolute Gasteiger partial charge is 0.182 e. The molecule has 54 heavy (non-hydrogen) atoms. The Labute approximate surface area is 317 Å². The van der Waals surface area contributed by atoms with Crippen molar-refractivity contribution in [3.05, 3.63) is 202 Å².